The van der Waals surface area contributed by atoms with Gasteiger partial charge in [0, 0.05) is 19.5 Å². The van der Waals surface area contributed by atoms with Gasteiger partial charge in [0.25, 0.3) is 0 Å². The minimum atomic E-state index is 0.794. The second-order valence-electron chi connectivity index (χ2n) is 1.96. The van der Waals surface area contributed by atoms with Gasteiger partial charge in [0.2, 0.25) is 0 Å². The van der Waals surface area contributed by atoms with Crippen LogP contribution in [0.25, 0.3) is 0 Å². The average molecular weight is 167 g/mol. The lowest BCUT2D eigenvalue weighted by Crippen LogP contribution is -2.19. The molecule has 0 aromatic rings. The summed E-state index contributed by atoms with van der Waals surface area (Å²) in [6.07, 6.45) is 0. The first-order chi connectivity index (χ1) is 5.63. The number of hydrazone groups is 1. The van der Waals surface area contributed by atoms with Crippen molar-refractivity contribution in [2.24, 2.45) is 10.1 Å². The zero-order valence-electron chi connectivity index (χ0n) is 8.17. The van der Waals surface area contributed by atoms with E-state index in [2.05, 4.69) is 36.5 Å². The van der Waals surface area contributed by atoms with E-state index in [9.17, 15) is 0 Å². The molecule has 0 rings (SSSR count). The average Bonchev–Trinajstić information content (AvgIpc) is 2.08. The minimum absolute atomic E-state index is 0.794. The fourth-order valence-corrected chi connectivity index (χ4v) is 0.594. The first kappa shape index (κ1) is 13.2. The summed E-state index contributed by atoms with van der Waals surface area (Å²) < 4.78 is 0. The molecule has 0 aliphatic heterocycles. The van der Waals surface area contributed by atoms with Crippen LogP contribution in [-0.4, -0.2) is 24.6 Å². The van der Waals surface area contributed by atoms with Crippen LogP contribution in [0.2, 0.25) is 0 Å². The Morgan fingerprint density at radius 1 is 1.25 bits per heavy atom. The van der Waals surface area contributed by atoms with Crippen LogP contribution in [0.3, 0.4) is 0 Å². The summed E-state index contributed by atoms with van der Waals surface area (Å²) in [5.41, 5.74) is 0.818. The van der Waals surface area contributed by atoms with Crippen LogP contribution in [0, 0.1) is 0 Å². The summed E-state index contributed by atoms with van der Waals surface area (Å²) in [5.74, 6) is 0.794. The molecule has 0 saturated carbocycles. The highest BCUT2D eigenvalue weighted by Gasteiger charge is 2.01. The fourth-order valence-electron chi connectivity index (χ4n) is 0.594. The first-order valence-electron chi connectivity index (χ1n) is 3.49. The SMILES string of the molecule is C=C.C=NN(C(=C)C)C(C)=NC. The molecule has 0 aromatic carbocycles. The van der Waals surface area contributed by atoms with Gasteiger partial charge in [-0.2, -0.15) is 5.10 Å². The molecule has 0 fully saturated rings. The molecule has 0 spiro atoms. The van der Waals surface area contributed by atoms with E-state index >= 15 is 0 Å². The minimum Gasteiger partial charge on any atom is -0.274 e. The maximum Gasteiger partial charge on any atom is 0.121 e. The van der Waals surface area contributed by atoms with Gasteiger partial charge >= 0.3 is 0 Å². The summed E-state index contributed by atoms with van der Waals surface area (Å²) in [5, 5.41) is 5.29. The first-order valence-corrected chi connectivity index (χ1v) is 3.49. The van der Waals surface area contributed by atoms with Crippen molar-refractivity contribution in [3.63, 3.8) is 0 Å². The summed E-state index contributed by atoms with van der Waals surface area (Å²) in [7, 11) is 1.70. The Balaban J connectivity index is 0. The molecule has 12 heavy (non-hydrogen) atoms. The molecule has 0 aliphatic carbocycles. The third kappa shape index (κ3) is 4.44. The summed E-state index contributed by atoms with van der Waals surface area (Å²) in [4.78, 5) is 3.93. The van der Waals surface area contributed by atoms with Crippen LogP contribution in [0.15, 0.2) is 35.5 Å². The Morgan fingerprint density at radius 3 is 1.75 bits per heavy atom. The van der Waals surface area contributed by atoms with Crippen molar-refractivity contribution in [1.29, 1.82) is 0 Å². The summed E-state index contributed by atoms with van der Waals surface area (Å²) >= 11 is 0. The van der Waals surface area contributed by atoms with Crippen LogP contribution < -0.4 is 0 Å². The predicted octanol–water partition coefficient (Wildman–Crippen LogP) is 2.29. The highest BCUT2D eigenvalue weighted by molar-refractivity contribution is 5.81. The van der Waals surface area contributed by atoms with Crippen molar-refractivity contribution in [3.05, 3.63) is 25.4 Å². The van der Waals surface area contributed by atoms with E-state index in [1.807, 2.05) is 13.8 Å². The highest BCUT2D eigenvalue weighted by atomic mass is 15.5. The summed E-state index contributed by atoms with van der Waals surface area (Å²) in [6.45, 7) is 16.8. The van der Waals surface area contributed by atoms with E-state index in [0.29, 0.717) is 0 Å². The molecule has 3 heteroatoms. The second-order valence-corrected chi connectivity index (χ2v) is 1.96. The monoisotopic (exact) mass is 167 g/mol. The number of hydrogen-bond donors (Lipinski definition) is 0. The Kier molecular flexibility index (Phi) is 8.51. The maximum atomic E-state index is 3.93. The van der Waals surface area contributed by atoms with Gasteiger partial charge in [-0.3, -0.25) is 4.99 Å². The van der Waals surface area contributed by atoms with E-state index in [0.717, 1.165) is 11.5 Å². The van der Waals surface area contributed by atoms with Crippen LogP contribution in [-0.2, 0) is 0 Å². The Hall–Kier alpha value is -1.38. The van der Waals surface area contributed by atoms with Crippen molar-refractivity contribution < 1.29 is 0 Å². The van der Waals surface area contributed by atoms with Crippen LogP contribution in [0.5, 0.6) is 0 Å². The van der Waals surface area contributed by atoms with Gasteiger partial charge in [0.15, 0.2) is 0 Å². The summed E-state index contributed by atoms with van der Waals surface area (Å²) in [6, 6.07) is 0. The molecule has 68 valence electrons. The number of nitrogens with zero attached hydrogens (tertiary/aromatic N) is 3. The predicted molar refractivity (Wildman–Crippen MR) is 56.5 cm³/mol. The number of hydrogen-bond acceptors (Lipinski definition) is 2. The Morgan fingerprint density at radius 2 is 1.67 bits per heavy atom. The van der Waals surface area contributed by atoms with Crippen molar-refractivity contribution in [2.45, 2.75) is 13.8 Å². The van der Waals surface area contributed by atoms with Gasteiger partial charge in [-0.25, -0.2) is 5.01 Å². The molecule has 0 N–H and O–H groups in total. The van der Waals surface area contributed by atoms with Gasteiger partial charge in [0.05, 0.1) is 0 Å². The quantitative estimate of drug-likeness (QED) is 0.268. The zero-order chi connectivity index (χ0) is 10.1. The third-order valence-corrected chi connectivity index (χ3v) is 1.13. The smallest absolute Gasteiger partial charge is 0.121 e. The van der Waals surface area contributed by atoms with Gasteiger partial charge in [0.1, 0.15) is 5.84 Å². The third-order valence-electron chi connectivity index (χ3n) is 1.13. The highest BCUT2D eigenvalue weighted by Crippen LogP contribution is 2.01. The molecule has 0 bridgehead atoms. The van der Waals surface area contributed by atoms with Gasteiger partial charge < -0.3 is 0 Å². The molecule has 0 unspecified atom stereocenters. The molecule has 3 nitrogen and oxygen atoms in total. The topological polar surface area (TPSA) is 28.0 Å². The molecule has 0 atom stereocenters. The van der Waals surface area contributed by atoms with Gasteiger partial charge in [-0.15, -0.1) is 13.2 Å². The number of rotatable bonds is 2. The molecule has 0 radical (unpaired) electrons. The van der Waals surface area contributed by atoms with Crippen LogP contribution in [0.4, 0.5) is 0 Å². The fraction of sp³-hybridized carbons (Fsp3) is 0.333. The maximum absolute atomic E-state index is 3.93. The lowest BCUT2D eigenvalue weighted by Gasteiger charge is -2.16. The standard InChI is InChI=1S/C7H13N3.C2H4/c1-6(2)10(9-5)7(3)8-4;1-2/h1,5H2,2-4H3;1-2H2. The number of allylic oxidation sites excluding steroid dienone is 1. The van der Waals surface area contributed by atoms with Crippen molar-refractivity contribution in [2.75, 3.05) is 7.05 Å². The van der Waals surface area contributed by atoms with Crippen molar-refractivity contribution in [1.82, 2.24) is 5.01 Å². The van der Waals surface area contributed by atoms with Crippen LogP contribution >= 0.6 is 0 Å². The van der Waals surface area contributed by atoms with E-state index in [-0.39, 0.29) is 0 Å². The van der Waals surface area contributed by atoms with E-state index in [1.54, 1.807) is 12.1 Å². The van der Waals surface area contributed by atoms with Crippen LogP contribution in [0.1, 0.15) is 13.8 Å². The molecular formula is C9H17N3. The lowest BCUT2D eigenvalue weighted by molar-refractivity contribution is 0.555. The molecule has 0 heterocycles. The molecular weight excluding hydrogens is 150 g/mol. The Bertz CT molecular complexity index is 182. The van der Waals surface area contributed by atoms with E-state index < -0.39 is 0 Å². The van der Waals surface area contributed by atoms with Crippen molar-refractivity contribution >= 4 is 12.6 Å². The number of amidine groups is 1. The van der Waals surface area contributed by atoms with Crippen molar-refractivity contribution in [3.8, 4) is 0 Å². The molecule has 0 aliphatic rings. The zero-order valence-corrected chi connectivity index (χ0v) is 8.17. The van der Waals surface area contributed by atoms with E-state index in [1.165, 1.54) is 0 Å². The van der Waals surface area contributed by atoms with E-state index in [4.69, 9.17) is 0 Å². The second kappa shape index (κ2) is 7.72. The number of aliphatic imine (C=N–C) groups is 1. The normalized spacial score (nSPS) is 9.42. The molecule has 0 amide bonds. The molecule has 0 aromatic heterocycles. The lowest BCUT2D eigenvalue weighted by atomic mass is 10.5. The Labute approximate surface area is 74.8 Å². The van der Waals surface area contributed by atoms with Gasteiger partial charge in [-0.1, -0.05) is 6.58 Å². The molecule has 0 saturated heterocycles. The largest absolute Gasteiger partial charge is 0.274 e. The van der Waals surface area contributed by atoms with Gasteiger partial charge in [-0.05, 0) is 13.8 Å².